The third kappa shape index (κ3) is 5.14. The largest absolute Gasteiger partial charge is 0.480 e. The van der Waals surface area contributed by atoms with Gasteiger partial charge in [-0.1, -0.05) is 33.6 Å². The molecule has 0 saturated heterocycles. The molecule has 1 amide bonds. The Morgan fingerprint density at radius 1 is 1.19 bits per heavy atom. The maximum atomic E-state index is 11.8. The number of carboxylic acids is 1. The lowest BCUT2D eigenvalue weighted by Gasteiger charge is -2.18. The molecule has 0 heterocycles. The molecule has 0 aromatic heterocycles. The first-order valence-electron chi connectivity index (χ1n) is 6.09. The molecular formula is C12H23NO3. The predicted molar refractivity (Wildman–Crippen MR) is 63.2 cm³/mol. The molecule has 0 rings (SSSR count). The van der Waals surface area contributed by atoms with E-state index in [1.165, 1.54) is 0 Å². The van der Waals surface area contributed by atoms with Crippen LogP contribution in [0.25, 0.3) is 0 Å². The number of carbonyl (C=O) groups excluding carboxylic acids is 1. The molecule has 94 valence electrons. The van der Waals surface area contributed by atoms with Crippen LogP contribution >= 0.6 is 0 Å². The summed E-state index contributed by atoms with van der Waals surface area (Å²) in [4.78, 5) is 22.6. The van der Waals surface area contributed by atoms with Crippen molar-refractivity contribution in [3.05, 3.63) is 0 Å². The zero-order chi connectivity index (χ0) is 12.6. The zero-order valence-corrected chi connectivity index (χ0v) is 10.5. The molecule has 0 aromatic carbocycles. The SMILES string of the molecule is CCCC[C@H](CC)C(=O)N[C@@H](CC)C(=O)O. The summed E-state index contributed by atoms with van der Waals surface area (Å²) in [6.45, 7) is 5.80. The first kappa shape index (κ1) is 14.9. The smallest absolute Gasteiger partial charge is 0.326 e. The number of carbonyl (C=O) groups is 2. The van der Waals surface area contributed by atoms with E-state index in [0.717, 1.165) is 25.7 Å². The molecule has 2 N–H and O–H groups in total. The molecule has 4 nitrogen and oxygen atoms in total. The fourth-order valence-corrected chi connectivity index (χ4v) is 1.60. The lowest BCUT2D eigenvalue weighted by Crippen LogP contribution is -2.43. The Labute approximate surface area is 97.4 Å². The van der Waals surface area contributed by atoms with Crippen molar-refractivity contribution in [2.24, 2.45) is 5.92 Å². The summed E-state index contributed by atoms with van der Waals surface area (Å²) in [5, 5.41) is 11.4. The molecule has 16 heavy (non-hydrogen) atoms. The number of unbranched alkanes of at least 4 members (excludes halogenated alkanes) is 1. The van der Waals surface area contributed by atoms with Crippen molar-refractivity contribution in [2.45, 2.75) is 58.9 Å². The van der Waals surface area contributed by atoms with Gasteiger partial charge in [0.1, 0.15) is 6.04 Å². The standard InChI is InChI=1S/C12H23NO3/c1-4-7-8-9(5-2)11(14)13-10(6-3)12(15)16/h9-10H,4-8H2,1-3H3,(H,13,14)(H,15,16)/t9-,10-/m0/s1. The van der Waals surface area contributed by atoms with E-state index in [4.69, 9.17) is 5.11 Å². The molecule has 0 aliphatic heterocycles. The summed E-state index contributed by atoms with van der Waals surface area (Å²) in [7, 11) is 0. The number of aliphatic carboxylic acids is 1. The van der Waals surface area contributed by atoms with E-state index in [1.807, 2.05) is 6.92 Å². The van der Waals surface area contributed by atoms with Gasteiger partial charge in [-0.05, 0) is 19.3 Å². The molecule has 4 heteroatoms. The van der Waals surface area contributed by atoms with Crippen LogP contribution in [-0.4, -0.2) is 23.0 Å². The highest BCUT2D eigenvalue weighted by molar-refractivity contribution is 5.84. The Morgan fingerprint density at radius 2 is 1.81 bits per heavy atom. The second-order valence-corrected chi connectivity index (χ2v) is 4.06. The van der Waals surface area contributed by atoms with Gasteiger partial charge in [-0.15, -0.1) is 0 Å². The Hall–Kier alpha value is -1.06. The van der Waals surface area contributed by atoms with Crippen LogP contribution in [0.1, 0.15) is 52.9 Å². The van der Waals surface area contributed by atoms with Crippen molar-refractivity contribution in [2.75, 3.05) is 0 Å². The number of hydrogen-bond acceptors (Lipinski definition) is 2. The van der Waals surface area contributed by atoms with Gasteiger partial charge in [-0.3, -0.25) is 4.79 Å². The minimum atomic E-state index is -0.957. The molecule has 0 bridgehead atoms. The monoisotopic (exact) mass is 229 g/mol. The van der Waals surface area contributed by atoms with E-state index in [0.29, 0.717) is 6.42 Å². The van der Waals surface area contributed by atoms with Gasteiger partial charge in [0, 0.05) is 5.92 Å². The highest BCUT2D eigenvalue weighted by atomic mass is 16.4. The quantitative estimate of drug-likeness (QED) is 0.670. The van der Waals surface area contributed by atoms with Crippen LogP contribution in [0.3, 0.4) is 0 Å². The fourth-order valence-electron chi connectivity index (χ4n) is 1.60. The normalized spacial score (nSPS) is 14.2. The van der Waals surface area contributed by atoms with Crippen LogP contribution in [0, 0.1) is 5.92 Å². The zero-order valence-electron chi connectivity index (χ0n) is 10.5. The van der Waals surface area contributed by atoms with Crippen molar-refractivity contribution in [1.82, 2.24) is 5.32 Å². The minimum absolute atomic E-state index is 0.0478. The van der Waals surface area contributed by atoms with Crippen LogP contribution in [-0.2, 0) is 9.59 Å². The maximum absolute atomic E-state index is 11.8. The van der Waals surface area contributed by atoms with Gasteiger partial charge in [-0.25, -0.2) is 4.79 Å². The van der Waals surface area contributed by atoms with E-state index in [9.17, 15) is 9.59 Å². The summed E-state index contributed by atoms with van der Waals surface area (Å²) in [5.74, 6) is -1.13. The van der Waals surface area contributed by atoms with Gasteiger partial charge in [0.2, 0.25) is 5.91 Å². The van der Waals surface area contributed by atoms with E-state index in [-0.39, 0.29) is 11.8 Å². The number of hydrogen-bond donors (Lipinski definition) is 2. The van der Waals surface area contributed by atoms with Crippen molar-refractivity contribution in [3.63, 3.8) is 0 Å². The number of nitrogens with one attached hydrogen (secondary N) is 1. The average Bonchev–Trinajstić information content (AvgIpc) is 2.26. The Balaban J connectivity index is 4.23. The second-order valence-electron chi connectivity index (χ2n) is 4.06. The van der Waals surface area contributed by atoms with Gasteiger partial charge in [0.05, 0.1) is 0 Å². The van der Waals surface area contributed by atoms with Crippen molar-refractivity contribution < 1.29 is 14.7 Å². The molecular weight excluding hydrogens is 206 g/mol. The van der Waals surface area contributed by atoms with Crippen molar-refractivity contribution in [3.8, 4) is 0 Å². The molecule has 0 aromatic rings. The molecule has 0 radical (unpaired) electrons. The number of amides is 1. The van der Waals surface area contributed by atoms with Gasteiger partial charge in [0.25, 0.3) is 0 Å². The predicted octanol–water partition coefficient (Wildman–Crippen LogP) is 2.18. The lowest BCUT2D eigenvalue weighted by molar-refractivity contribution is -0.142. The summed E-state index contributed by atoms with van der Waals surface area (Å²) in [6, 6.07) is -0.747. The van der Waals surface area contributed by atoms with E-state index in [1.54, 1.807) is 6.92 Å². The summed E-state index contributed by atoms with van der Waals surface area (Å²) in [5.41, 5.74) is 0. The Morgan fingerprint density at radius 3 is 2.19 bits per heavy atom. The third-order valence-electron chi connectivity index (χ3n) is 2.79. The van der Waals surface area contributed by atoms with E-state index in [2.05, 4.69) is 12.2 Å². The Kier molecular flexibility index (Phi) is 7.60. The van der Waals surface area contributed by atoms with E-state index < -0.39 is 12.0 Å². The summed E-state index contributed by atoms with van der Waals surface area (Å²) >= 11 is 0. The van der Waals surface area contributed by atoms with Crippen LogP contribution in [0.15, 0.2) is 0 Å². The molecule has 0 aliphatic rings. The van der Waals surface area contributed by atoms with Crippen LogP contribution < -0.4 is 5.32 Å². The van der Waals surface area contributed by atoms with Gasteiger partial charge in [0.15, 0.2) is 0 Å². The molecule has 0 spiro atoms. The fraction of sp³-hybridized carbons (Fsp3) is 0.833. The highest BCUT2D eigenvalue weighted by Gasteiger charge is 2.22. The highest BCUT2D eigenvalue weighted by Crippen LogP contribution is 2.13. The first-order valence-corrected chi connectivity index (χ1v) is 6.09. The minimum Gasteiger partial charge on any atom is -0.480 e. The molecule has 2 atom stereocenters. The van der Waals surface area contributed by atoms with Gasteiger partial charge < -0.3 is 10.4 Å². The molecule has 0 aliphatic carbocycles. The van der Waals surface area contributed by atoms with Crippen LogP contribution in [0.5, 0.6) is 0 Å². The topological polar surface area (TPSA) is 66.4 Å². The summed E-state index contributed by atoms with van der Waals surface area (Å²) in [6.07, 6.45) is 4.10. The van der Waals surface area contributed by atoms with Gasteiger partial charge >= 0.3 is 5.97 Å². The lowest BCUT2D eigenvalue weighted by atomic mass is 9.98. The van der Waals surface area contributed by atoms with Gasteiger partial charge in [-0.2, -0.15) is 0 Å². The molecule has 0 saturated carbocycles. The Bertz CT molecular complexity index is 228. The van der Waals surface area contributed by atoms with Crippen molar-refractivity contribution in [1.29, 1.82) is 0 Å². The third-order valence-corrected chi connectivity index (χ3v) is 2.79. The van der Waals surface area contributed by atoms with Crippen LogP contribution in [0.4, 0.5) is 0 Å². The van der Waals surface area contributed by atoms with Crippen molar-refractivity contribution >= 4 is 11.9 Å². The van der Waals surface area contributed by atoms with Crippen LogP contribution in [0.2, 0.25) is 0 Å². The number of rotatable bonds is 8. The molecule has 0 fully saturated rings. The maximum Gasteiger partial charge on any atom is 0.326 e. The number of carboxylic acid groups (broad SMARTS) is 1. The van der Waals surface area contributed by atoms with E-state index >= 15 is 0 Å². The first-order chi connectivity index (χ1) is 7.56. The second kappa shape index (κ2) is 8.13. The molecule has 0 unspecified atom stereocenters. The average molecular weight is 229 g/mol. The summed E-state index contributed by atoms with van der Waals surface area (Å²) < 4.78 is 0.